The average Bonchev–Trinajstić information content (AvgIpc) is 3.39. The maximum atomic E-state index is 13.0. The zero-order chi connectivity index (χ0) is 22.0. The summed E-state index contributed by atoms with van der Waals surface area (Å²) < 4.78 is 29.3. The summed E-state index contributed by atoms with van der Waals surface area (Å²) in [5, 5.41) is 7.83. The molecule has 1 saturated heterocycles. The number of hydrogen-bond acceptors (Lipinski definition) is 5. The molecule has 31 heavy (non-hydrogen) atoms. The summed E-state index contributed by atoms with van der Waals surface area (Å²) in [6.07, 6.45) is 2.89. The van der Waals surface area contributed by atoms with E-state index in [2.05, 4.69) is 10.4 Å². The third-order valence-electron chi connectivity index (χ3n) is 5.31. The SMILES string of the molecule is Cc1ccc(S(=O)(=O)N2CCCC(C(=O)Nc3ccnn3Cc3ccccc3Cl)C2)s1. The molecule has 1 N–H and O–H groups in total. The Kier molecular flexibility index (Phi) is 6.47. The number of hydrogen-bond donors (Lipinski definition) is 1. The van der Waals surface area contributed by atoms with Crippen LogP contribution in [0, 0.1) is 12.8 Å². The molecule has 0 radical (unpaired) electrons. The molecular weight excluding hydrogens is 456 g/mol. The number of rotatable bonds is 6. The highest BCUT2D eigenvalue weighted by Gasteiger charge is 2.34. The molecule has 4 rings (SSSR count). The summed E-state index contributed by atoms with van der Waals surface area (Å²) in [4.78, 5) is 13.9. The Morgan fingerprint density at radius 2 is 2.06 bits per heavy atom. The molecule has 1 atom stereocenters. The Bertz CT molecular complexity index is 1190. The molecule has 164 valence electrons. The van der Waals surface area contributed by atoms with Crippen LogP contribution in [0.2, 0.25) is 5.02 Å². The van der Waals surface area contributed by atoms with E-state index < -0.39 is 15.9 Å². The Morgan fingerprint density at radius 1 is 1.26 bits per heavy atom. The Labute approximate surface area is 190 Å². The summed E-state index contributed by atoms with van der Waals surface area (Å²) >= 11 is 7.49. The Morgan fingerprint density at radius 3 is 2.81 bits per heavy atom. The number of sulfonamides is 1. The van der Waals surface area contributed by atoms with E-state index in [9.17, 15) is 13.2 Å². The largest absolute Gasteiger partial charge is 0.311 e. The highest BCUT2D eigenvalue weighted by molar-refractivity contribution is 7.91. The molecule has 1 aromatic carbocycles. The number of nitrogens with zero attached hydrogens (tertiary/aromatic N) is 3. The highest BCUT2D eigenvalue weighted by atomic mass is 35.5. The predicted octanol–water partition coefficient (Wildman–Crippen LogP) is 3.99. The number of piperidine rings is 1. The zero-order valence-electron chi connectivity index (χ0n) is 17.0. The quantitative estimate of drug-likeness (QED) is 0.580. The number of halogens is 1. The highest BCUT2D eigenvalue weighted by Crippen LogP contribution is 2.29. The van der Waals surface area contributed by atoms with Crippen LogP contribution in [-0.2, 0) is 21.4 Å². The van der Waals surface area contributed by atoms with Gasteiger partial charge in [0.15, 0.2) is 0 Å². The van der Waals surface area contributed by atoms with Crippen LogP contribution in [-0.4, -0.2) is 41.5 Å². The van der Waals surface area contributed by atoms with Crippen molar-refractivity contribution in [3.8, 4) is 0 Å². The van der Waals surface area contributed by atoms with Crippen LogP contribution in [0.4, 0.5) is 5.82 Å². The first kappa shape index (κ1) is 22.0. The number of anilines is 1. The molecule has 1 fully saturated rings. The maximum Gasteiger partial charge on any atom is 0.252 e. The number of thiophene rings is 1. The van der Waals surface area contributed by atoms with Crippen molar-refractivity contribution in [2.75, 3.05) is 18.4 Å². The molecule has 0 spiro atoms. The third-order valence-corrected chi connectivity index (χ3v) is 9.01. The van der Waals surface area contributed by atoms with E-state index in [0.717, 1.165) is 10.4 Å². The molecule has 1 amide bonds. The first-order valence-electron chi connectivity index (χ1n) is 9.97. The second kappa shape index (κ2) is 9.12. The number of carbonyl (C=O) groups excluding carboxylic acids is 1. The topological polar surface area (TPSA) is 84.3 Å². The molecule has 1 aliphatic rings. The first-order chi connectivity index (χ1) is 14.8. The number of benzene rings is 1. The molecule has 0 aliphatic carbocycles. The van der Waals surface area contributed by atoms with Crippen molar-refractivity contribution >= 4 is 44.7 Å². The normalized spacial score (nSPS) is 17.5. The number of nitrogens with one attached hydrogen (secondary N) is 1. The van der Waals surface area contributed by atoms with Gasteiger partial charge in [0, 0.05) is 29.1 Å². The number of aryl methyl sites for hydroxylation is 1. The lowest BCUT2D eigenvalue weighted by molar-refractivity contribution is -0.120. The molecule has 1 aliphatic heterocycles. The Hall–Kier alpha value is -2.20. The Balaban J connectivity index is 1.45. The molecule has 7 nitrogen and oxygen atoms in total. The summed E-state index contributed by atoms with van der Waals surface area (Å²) in [7, 11) is -3.58. The van der Waals surface area contributed by atoms with Crippen molar-refractivity contribution < 1.29 is 13.2 Å². The number of aromatic nitrogens is 2. The van der Waals surface area contributed by atoms with Crippen molar-refractivity contribution in [1.82, 2.24) is 14.1 Å². The molecule has 0 bridgehead atoms. The fourth-order valence-electron chi connectivity index (χ4n) is 3.63. The second-order valence-electron chi connectivity index (χ2n) is 7.52. The first-order valence-corrected chi connectivity index (χ1v) is 12.6. The molecular formula is C21H23ClN4O3S2. The smallest absolute Gasteiger partial charge is 0.252 e. The van der Waals surface area contributed by atoms with Gasteiger partial charge >= 0.3 is 0 Å². The summed E-state index contributed by atoms with van der Waals surface area (Å²) in [6.45, 7) is 2.89. The second-order valence-corrected chi connectivity index (χ2v) is 11.4. The van der Waals surface area contributed by atoms with Crippen LogP contribution in [0.15, 0.2) is 52.9 Å². The minimum atomic E-state index is -3.58. The minimum absolute atomic E-state index is 0.170. The molecule has 0 saturated carbocycles. The van der Waals surface area contributed by atoms with Crippen LogP contribution >= 0.6 is 22.9 Å². The molecule has 3 aromatic rings. The molecule has 10 heteroatoms. The van der Waals surface area contributed by atoms with Gasteiger partial charge in [0.05, 0.1) is 18.7 Å². The van der Waals surface area contributed by atoms with Gasteiger partial charge < -0.3 is 5.32 Å². The van der Waals surface area contributed by atoms with E-state index >= 15 is 0 Å². The van der Waals surface area contributed by atoms with Gasteiger partial charge in [-0.25, -0.2) is 13.1 Å². The predicted molar refractivity (Wildman–Crippen MR) is 122 cm³/mol. The number of amides is 1. The summed E-state index contributed by atoms with van der Waals surface area (Å²) in [5.41, 5.74) is 0.893. The van der Waals surface area contributed by atoms with E-state index in [-0.39, 0.29) is 12.5 Å². The van der Waals surface area contributed by atoms with Crippen LogP contribution in [0.25, 0.3) is 0 Å². The molecule has 3 heterocycles. The van der Waals surface area contributed by atoms with E-state index in [0.29, 0.717) is 41.0 Å². The van der Waals surface area contributed by atoms with Crippen LogP contribution in [0.3, 0.4) is 0 Å². The summed E-state index contributed by atoms with van der Waals surface area (Å²) in [5.74, 6) is -0.0739. The van der Waals surface area contributed by atoms with Crippen LogP contribution in [0.1, 0.15) is 23.3 Å². The standard InChI is InChI=1S/C21H23ClN4O3S2/c1-15-8-9-20(30-15)31(28,29)25-12-4-6-17(13-25)21(27)24-19-10-11-23-26(19)14-16-5-2-3-7-18(16)22/h2-3,5,7-11,17H,4,6,12-14H2,1H3,(H,24,27). The monoisotopic (exact) mass is 478 g/mol. The van der Waals surface area contributed by atoms with Gasteiger partial charge in [0.2, 0.25) is 5.91 Å². The van der Waals surface area contributed by atoms with Crippen molar-refractivity contribution in [2.45, 2.75) is 30.5 Å². The lowest BCUT2D eigenvalue weighted by atomic mass is 9.99. The molecule has 1 unspecified atom stereocenters. The van der Waals surface area contributed by atoms with Crippen molar-refractivity contribution in [3.63, 3.8) is 0 Å². The minimum Gasteiger partial charge on any atom is -0.311 e. The fourth-order valence-corrected chi connectivity index (χ4v) is 6.79. The lowest BCUT2D eigenvalue weighted by Crippen LogP contribution is -2.43. The van der Waals surface area contributed by atoms with Crippen molar-refractivity contribution in [1.29, 1.82) is 0 Å². The van der Waals surface area contributed by atoms with Gasteiger partial charge in [-0.3, -0.25) is 4.79 Å². The summed E-state index contributed by atoms with van der Waals surface area (Å²) in [6, 6.07) is 12.6. The van der Waals surface area contributed by atoms with Gasteiger partial charge in [0.25, 0.3) is 10.0 Å². The van der Waals surface area contributed by atoms with Gasteiger partial charge in [-0.05, 0) is 43.5 Å². The number of carbonyl (C=O) groups is 1. The lowest BCUT2D eigenvalue weighted by Gasteiger charge is -2.30. The van der Waals surface area contributed by atoms with Gasteiger partial charge in [0.1, 0.15) is 10.0 Å². The third kappa shape index (κ3) is 4.85. The van der Waals surface area contributed by atoms with E-state index in [1.165, 1.54) is 15.6 Å². The molecule has 2 aromatic heterocycles. The van der Waals surface area contributed by atoms with Crippen LogP contribution < -0.4 is 5.32 Å². The fraction of sp³-hybridized carbons (Fsp3) is 0.333. The average molecular weight is 479 g/mol. The van der Waals surface area contributed by atoms with Gasteiger partial charge in [-0.2, -0.15) is 9.40 Å². The van der Waals surface area contributed by atoms with Crippen molar-refractivity contribution in [2.24, 2.45) is 5.92 Å². The van der Waals surface area contributed by atoms with Gasteiger partial charge in [-0.1, -0.05) is 29.8 Å². The van der Waals surface area contributed by atoms with E-state index in [1.807, 2.05) is 31.2 Å². The van der Waals surface area contributed by atoms with E-state index in [1.54, 1.807) is 29.1 Å². The van der Waals surface area contributed by atoms with Gasteiger partial charge in [-0.15, -0.1) is 11.3 Å². The van der Waals surface area contributed by atoms with Crippen LogP contribution in [0.5, 0.6) is 0 Å². The van der Waals surface area contributed by atoms with E-state index in [4.69, 9.17) is 11.6 Å². The maximum absolute atomic E-state index is 13.0. The van der Waals surface area contributed by atoms with Crippen molar-refractivity contribution in [3.05, 3.63) is 64.1 Å². The zero-order valence-corrected chi connectivity index (χ0v) is 19.4.